The lowest BCUT2D eigenvalue weighted by molar-refractivity contribution is 0.0954. The topological polar surface area (TPSA) is 80.3 Å². The first kappa shape index (κ1) is 13.2. The fourth-order valence-corrected chi connectivity index (χ4v) is 1.82. The van der Waals surface area contributed by atoms with Crippen molar-refractivity contribution >= 4 is 11.6 Å². The predicted molar refractivity (Wildman–Crippen MR) is 73.7 cm³/mol. The van der Waals surface area contributed by atoms with Crippen molar-refractivity contribution in [1.82, 2.24) is 5.32 Å². The van der Waals surface area contributed by atoms with Gasteiger partial charge in [-0.05, 0) is 36.8 Å². The Balaban J connectivity index is 1.96. The molecule has 0 saturated carbocycles. The Hall–Kier alpha value is -2.27. The third kappa shape index (κ3) is 3.35. The number of anilines is 1. The number of benzene rings is 1. The average molecular weight is 259 g/mol. The number of nitrogens with two attached hydrogens (primary N) is 1. The molecule has 1 aromatic carbocycles. The number of nitrogens with one attached hydrogen (secondary N) is 2. The van der Waals surface area contributed by atoms with Gasteiger partial charge in [-0.15, -0.1) is 0 Å². The lowest BCUT2D eigenvalue weighted by atomic mass is 10.1. The number of amides is 1. The Morgan fingerprint density at radius 2 is 2.21 bits per heavy atom. The van der Waals surface area contributed by atoms with Crippen LogP contribution in [0.25, 0.3) is 0 Å². The summed E-state index contributed by atoms with van der Waals surface area (Å²) in [4.78, 5) is 12.0. The van der Waals surface area contributed by atoms with Gasteiger partial charge in [0.1, 0.15) is 5.76 Å². The van der Waals surface area contributed by atoms with E-state index in [-0.39, 0.29) is 5.91 Å². The Bertz CT molecular complexity index is 550. The monoisotopic (exact) mass is 259 g/mol. The molecule has 1 aromatic heterocycles. The number of carbonyl (C=O) groups is 1. The molecule has 0 bridgehead atoms. The van der Waals surface area contributed by atoms with Crippen LogP contribution < -0.4 is 16.6 Å². The molecular weight excluding hydrogens is 242 g/mol. The van der Waals surface area contributed by atoms with Crippen LogP contribution in [0.1, 0.15) is 21.7 Å². The summed E-state index contributed by atoms with van der Waals surface area (Å²) in [5.74, 6) is 6.11. The maximum atomic E-state index is 12.0. The summed E-state index contributed by atoms with van der Waals surface area (Å²) in [7, 11) is 0. The van der Waals surface area contributed by atoms with Gasteiger partial charge in [0.15, 0.2) is 0 Å². The maximum Gasteiger partial charge on any atom is 0.253 e. The number of nitrogen functional groups attached to an aromatic ring is 1. The highest BCUT2D eigenvalue weighted by Crippen LogP contribution is 2.16. The first-order chi connectivity index (χ1) is 9.20. The van der Waals surface area contributed by atoms with Crippen molar-refractivity contribution in [3.8, 4) is 0 Å². The molecule has 2 rings (SSSR count). The van der Waals surface area contributed by atoms with E-state index in [1.54, 1.807) is 12.3 Å². The second kappa shape index (κ2) is 6.06. The van der Waals surface area contributed by atoms with Gasteiger partial charge >= 0.3 is 0 Å². The Morgan fingerprint density at radius 3 is 2.89 bits per heavy atom. The number of rotatable bonds is 5. The molecule has 2 aromatic rings. The molecule has 0 spiro atoms. The Kier molecular flexibility index (Phi) is 4.20. The van der Waals surface area contributed by atoms with Gasteiger partial charge in [0.25, 0.3) is 5.91 Å². The van der Waals surface area contributed by atoms with E-state index in [1.165, 1.54) is 0 Å². The first-order valence-corrected chi connectivity index (χ1v) is 6.08. The van der Waals surface area contributed by atoms with Crippen LogP contribution in [-0.2, 0) is 6.42 Å². The fraction of sp³-hybridized carbons (Fsp3) is 0.214. The lowest BCUT2D eigenvalue weighted by Crippen LogP contribution is -2.27. The molecule has 4 N–H and O–H groups in total. The Morgan fingerprint density at radius 1 is 1.37 bits per heavy atom. The van der Waals surface area contributed by atoms with Crippen molar-refractivity contribution < 1.29 is 9.21 Å². The number of hydrogen-bond donors (Lipinski definition) is 3. The Labute approximate surface area is 111 Å². The van der Waals surface area contributed by atoms with E-state index in [0.717, 1.165) is 11.3 Å². The molecular formula is C14H17N3O2. The maximum absolute atomic E-state index is 12.0. The van der Waals surface area contributed by atoms with E-state index in [0.29, 0.717) is 24.2 Å². The molecule has 0 unspecified atom stereocenters. The summed E-state index contributed by atoms with van der Waals surface area (Å²) in [5.41, 5.74) is 4.74. The van der Waals surface area contributed by atoms with Crippen molar-refractivity contribution in [2.75, 3.05) is 12.0 Å². The summed E-state index contributed by atoms with van der Waals surface area (Å²) in [5, 5.41) is 2.84. The molecule has 5 heteroatoms. The summed E-state index contributed by atoms with van der Waals surface area (Å²) in [6.07, 6.45) is 2.28. The summed E-state index contributed by atoms with van der Waals surface area (Å²) >= 11 is 0. The highest BCUT2D eigenvalue weighted by Gasteiger charge is 2.10. The van der Waals surface area contributed by atoms with Gasteiger partial charge in [0.2, 0.25) is 0 Å². The summed E-state index contributed by atoms with van der Waals surface area (Å²) in [6, 6.07) is 9.18. The van der Waals surface area contributed by atoms with Gasteiger partial charge in [-0.3, -0.25) is 10.6 Å². The molecule has 0 aliphatic carbocycles. The van der Waals surface area contributed by atoms with Crippen molar-refractivity contribution in [2.24, 2.45) is 5.84 Å². The van der Waals surface area contributed by atoms with E-state index >= 15 is 0 Å². The number of hydrogen-bond acceptors (Lipinski definition) is 4. The number of furan rings is 1. The van der Waals surface area contributed by atoms with E-state index < -0.39 is 0 Å². The van der Waals surface area contributed by atoms with Crippen LogP contribution in [0.15, 0.2) is 41.0 Å². The van der Waals surface area contributed by atoms with E-state index in [2.05, 4.69) is 10.7 Å². The zero-order chi connectivity index (χ0) is 13.7. The highest BCUT2D eigenvalue weighted by molar-refractivity contribution is 5.99. The standard InChI is InChI=1S/C14H17N3O2/c1-10-4-5-12(13(9-10)17-15)14(18)16-7-6-11-3-2-8-19-11/h2-5,8-9,17H,6-7,15H2,1H3,(H,16,18). The molecule has 0 fully saturated rings. The van der Waals surface area contributed by atoms with Gasteiger partial charge in [-0.2, -0.15) is 0 Å². The fourth-order valence-electron chi connectivity index (χ4n) is 1.82. The number of hydrazine groups is 1. The van der Waals surface area contributed by atoms with Crippen LogP contribution in [0.5, 0.6) is 0 Å². The van der Waals surface area contributed by atoms with Gasteiger partial charge in [-0.1, -0.05) is 6.07 Å². The minimum Gasteiger partial charge on any atom is -0.469 e. The van der Waals surface area contributed by atoms with Crippen molar-refractivity contribution in [3.63, 3.8) is 0 Å². The average Bonchev–Trinajstić information content (AvgIpc) is 2.91. The zero-order valence-electron chi connectivity index (χ0n) is 10.8. The van der Waals surface area contributed by atoms with Crippen molar-refractivity contribution in [2.45, 2.75) is 13.3 Å². The molecule has 5 nitrogen and oxygen atoms in total. The van der Waals surface area contributed by atoms with Crippen molar-refractivity contribution in [1.29, 1.82) is 0 Å². The molecule has 19 heavy (non-hydrogen) atoms. The second-order valence-electron chi connectivity index (χ2n) is 4.28. The van der Waals surface area contributed by atoms with Crippen LogP contribution in [-0.4, -0.2) is 12.5 Å². The molecule has 1 amide bonds. The smallest absolute Gasteiger partial charge is 0.253 e. The first-order valence-electron chi connectivity index (χ1n) is 6.08. The summed E-state index contributed by atoms with van der Waals surface area (Å²) in [6.45, 7) is 2.46. The van der Waals surface area contributed by atoms with Crippen LogP contribution in [0.4, 0.5) is 5.69 Å². The predicted octanol–water partition coefficient (Wildman–Crippen LogP) is 1.85. The molecule has 0 aliphatic heterocycles. The SMILES string of the molecule is Cc1ccc(C(=O)NCCc2ccco2)c(NN)c1. The minimum atomic E-state index is -0.153. The van der Waals surface area contributed by atoms with Gasteiger partial charge in [-0.25, -0.2) is 0 Å². The van der Waals surface area contributed by atoms with E-state index in [1.807, 2.05) is 31.2 Å². The van der Waals surface area contributed by atoms with Crippen LogP contribution in [0.2, 0.25) is 0 Å². The van der Waals surface area contributed by atoms with Crippen LogP contribution in [0, 0.1) is 6.92 Å². The molecule has 1 heterocycles. The third-order valence-electron chi connectivity index (χ3n) is 2.81. The molecule has 0 aliphatic rings. The highest BCUT2D eigenvalue weighted by atomic mass is 16.3. The van der Waals surface area contributed by atoms with E-state index in [4.69, 9.17) is 10.3 Å². The number of aryl methyl sites for hydroxylation is 1. The van der Waals surface area contributed by atoms with Gasteiger partial charge in [0.05, 0.1) is 17.5 Å². The quantitative estimate of drug-likeness (QED) is 0.565. The van der Waals surface area contributed by atoms with E-state index in [9.17, 15) is 4.79 Å². The minimum absolute atomic E-state index is 0.153. The number of carbonyl (C=O) groups excluding carboxylic acids is 1. The molecule has 100 valence electrons. The molecule has 0 saturated heterocycles. The zero-order valence-corrected chi connectivity index (χ0v) is 10.8. The second-order valence-corrected chi connectivity index (χ2v) is 4.28. The lowest BCUT2D eigenvalue weighted by Gasteiger charge is -2.10. The van der Waals surface area contributed by atoms with Crippen molar-refractivity contribution in [3.05, 3.63) is 53.5 Å². The van der Waals surface area contributed by atoms with Crippen LogP contribution >= 0.6 is 0 Å². The normalized spacial score (nSPS) is 10.2. The molecule has 0 atom stereocenters. The van der Waals surface area contributed by atoms with Gasteiger partial charge < -0.3 is 15.2 Å². The van der Waals surface area contributed by atoms with Gasteiger partial charge in [0, 0.05) is 13.0 Å². The largest absolute Gasteiger partial charge is 0.469 e. The third-order valence-corrected chi connectivity index (χ3v) is 2.81. The van der Waals surface area contributed by atoms with Crippen LogP contribution in [0.3, 0.4) is 0 Å². The molecule has 0 radical (unpaired) electrons. The summed E-state index contributed by atoms with van der Waals surface area (Å²) < 4.78 is 5.20.